The molecule has 0 aliphatic rings. The van der Waals surface area contributed by atoms with E-state index in [4.69, 9.17) is 5.11 Å². The molecule has 0 spiro atoms. The van der Waals surface area contributed by atoms with Gasteiger partial charge in [-0.05, 0) is 17.7 Å². The quantitative estimate of drug-likeness (QED) is 0.879. The third-order valence-electron chi connectivity index (χ3n) is 2.81. The largest absolute Gasteiger partial charge is 0.476 e. The van der Waals surface area contributed by atoms with E-state index in [2.05, 4.69) is 10.3 Å². The number of aromatic carboxylic acids is 1. The van der Waals surface area contributed by atoms with Crippen molar-refractivity contribution in [1.82, 2.24) is 19.9 Å². The molecular weight excluding hydrogens is 279 g/mol. The van der Waals surface area contributed by atoms with Gasteiger partial charge in [-0.15, -0.1) is 5.10 Å². The van der Waals surface area contributed by atoms with Crippen molar-refractivity contribution in [2.24, 2.45) is 0 Å². The summed E-state index contributed by atoms with van der Waals surface area (Å²) in [5.74, 6) is -1.80. The van der Waals surface area contributed by atoms with E-state index in [1.54, 1.807) is 19.2 Å². The maximum atomic E-state index is 12.8. The molecule has 2 aromatic rings. The number of amides is 1. The molecule has 110 valence electrons. The van der Waals surface area contributed by atoms with Crippen LogP contribution >= 0.6 is 0 Å². The van der Waals surface area contributed by atoms with Gasteiger partial charge in [0.05, 0.1) is 6.20 Å². The Balaban J connectivity index is 1.95. The first-order chi connectivity index (χ1) is 9.95. The Kier molecular flexibility index (Phi) is 4.27. The molecule has 8 heteroatoms. The lowest BCUT2D eigenvalue weighted by Gasteiger charge is -2.17. The third-order valence-corrected chi connectivity index (χ3v) is 2.81. The van der Waals surface area contributed by atoms with Gasteiger partial charge >= 0.3 is 5.97 Å². The number of rotatable bonds is 5. The maximum absolute atomic E-state index is 12.8. The van der Waals surface area contributed by atoms with Crippen molar-refractivity contribution in [3.8, 4) is 0 Å². The molecule has 0 aliphatic heterocycles. The minimum Gasteiger partial charge on any atom is -0.476 e. The number of likely N-dealkylation sites (N-methyl/N-ethyl adjacent to an activating group) is 1. The zero-order valence-electron chi connectivity index (χ0n) is 11.2. The first-order valence-electron chi connectivity index (χ1n) is 6.07. The summed E-state index contributed by atoms with van der Waals surface area (Å²) in [6.07, 6.45) is 1.19. The van der Waals surface area contributed by atoms with E-state index in [9.17, 15) is 14.0 Å². The van der Waals surface area contributed by atoms with E-state index >= 15 is 0 Å². The van der Waals surface area contributed by atoms with Gasteiger partial charge in [0.2, 0.25) is 5.91 Å². The van der Waals surface area contributed by atoms with Crippen molar-refractivity contribution in [3.63, 3.8) is 0 Å². The fourth-order valence-electron chi connectivity index (χ4n) is 1.68. The minimum absolute atomic E-state index is 0.113. The molecule has 0 saturated heterocycles. The van der Waals surface area contributed by atoms with Crippen LogP contribution in [0.5, 0.6) is 0 Å². The number of benzene rings is 1. The second kappa shape index (κ2) is 6.12. The molecule has 1 amide bonds. The number of hydrogen-bond donors (Lipinski definition) is 1. The Morgan fingerprint density at radius 2 is 2.00 bits per heavy atom. The first kappa shape index (κ1) is 14.6. The summed E-state index contributed by atoms with van der Waals surface area (Å²) in [6.45, 7) is 0.206. The SMILES string of the molecule is CN(Cc1ccc(F)cc1)C(=O)Cn1cc(C(=O)O)nn1. The molecule has 0 radical (unpaired) electrons. The molecule has 1 heterocycles. The standard InChI is InChI=1S/C13H13FN4O3/c1-17(6-9-2-4-10(14)5-3-9)12(19)8-18-7-11(13(20)21)15-16-18/h2-5,7H,6,8H2,1H3,(H,20,21). The van der Waals surface area contributed by atoms with Crippen molar-refractivity contribution in [1.29, 1.82) is 0 Å². The zero-order valence-corrected chi connectivity index (χ0v) is 11.2. The van der Waals surface area contributed by atoms with Crippen LogP contribution in [0.2, 0.25) is 0 Å². The van der Waals surface area contributed by atoms with Gasteiger partial charge in [-0.1, -0.05) is 17.3 Å². The predicted molar refractivity (Wildman–Crippen MR) is 69.9 cm³/mol. The lowest BCUT2D eigenvalue weighted by atomic mass is 10.2. The molecule has 1 N–H and O–H groups in total. The molecule has 7 nitrogen and oxygen atoms in total. The molecule has 0 aliphatic carbocycles. The smallest absolute Gasteiger partial charge is 0.358 e. The number of carboxylic acids is 1. The van der Waals surface area contributed by atoms with Crippen molar-refractivity contribution in [3.05, 3.63) is 47.5 Å². The zero-order chi connectivity index (χ0) is 15.4. The van der Waals surface area contributed by atoms with Crippen LogP contribution in [0.15, 0.2) is 30.5 Å². The lowest BCUT2D eigenvalue weighted by Crippen LogP contribution is -2.30. The number of carbonyl (C=O) groups is 2. The van der Waals surface area contributed by atoms with Crippen LogP contribution < -0.4 is 0 Å². The van der Waals surface area contributed by atoms with Crippen LogP contribution in [-0.4, -0.2) is 43.9 Å². The number of hydrogen-bond acceptors (Lipinski definition) is 4. The summed E-state index contributed by atoms with van der Waals surface area (Å²) in [4.78, 5) is 24.1. The van der Waals surface area contributed by atoms with Gasteiger partial charge in [-0.25, -0.2) is 13.9 Å². The Labute approximate surface area is 119 Å². The highest BCUT2D eigenvalue weighted by Crippen LogP contribution is 2.06. The molecule has 0 bridgehead atoms. The average molecular weight is 292 g/mol. The van der Waals surface area contributed by atoms with Gasteiger partial charge in [-0.3, -0.25) is 4.79 Å². The van der Waals surface area contributed by atoms with Gasteiger partial charge in [-0.2, -0.15) is 0 Å². The van der Waals surface area contributed by atoms with Gasteiger partial charge in [0.15, 0.2) is 5.69 Å². The molecule has 2 rings (SSSR count). The Hall–Kier alpha value is -2.77. The van der Waals surface area contributed by atoms with Crippen LogP contribution in [0.4, 0.5) is 4.39 Å². The first-order valence-corrected chi connectivity index (χ1v) is 6.07. The van der Waals surface area contributed by atoms with Crippen LogP contribution in [0, 0.1) is 5.82 Å². The summed E-state index contributed by atoms with van der Waals surface area (Å²) in [6, 6.07) is 5.84. The third kappa shape index (κ3) is 3.85. The molecule has 0 fully saturated rings. The Bertz CT molecular complexity index is 654. The Morgan fingerprint density at radius 1 is 1.33 bits per heavy atom. The molecule has 0 atom stereocenters. The number of carboxylic acid groups (broad SMARTS) is 1. The van der Waals surface area contributed by atoms with E-state index in [0.717, 1.165) is 10.2 Å². The maximum Gasteiger partial charge on any atom is 0.358 e. The van der Waals surface area contributed by atoms with Crippen molar-refractivity contribution < 1.29 is 19.1 Å². The van der Waals surface area contributed by atoms with Gasteiger partial charge in [0.25, 0.3) is 0 Å². The number of aromatic nitrogens is 3. The second-order valence-electron chi connectivity index (χ2n) is 4.48. The highest BCUT2D eigenvalue weighted by molar-refractivity contribution is 5.84. The lowest BCUT2D eigenvalue weighted by molar-refractivity contribution is -0.131. The summed E-state index contributed by atoms with van der Waals surface area (Å²) in [7, 11) is 1.60. The van der Waals surface area contributed by atoms with E-state index in [1.807, 2.05) is 0 Å². The van der Waals surface area contributed by atoms with E-state index in [-0.39, 0.29) is 24.0 Å². The molecule has 0 unspecified atom stereocenters. The van der Waals surface area contributed by atoms with Crippen LogP contribution in [0.25, 0.3) is 0 Å². The minimum atomic E-state index is -1.20. The highest BCUT2D eigenvalue weighted by atomic mass is 19.1. The molecular formula is C13H13FN4O3. The summed E-state index contributed by atoms with van der Waals surface area (Å²) < 4.78 is 14.0. The monoisotopic (exact) mass is 292 g/mol. The highest BCUT2D eigenvalue weighted by Gasteiger charge is 2.13. The summed E-state index contributed by atoms with van der Waals surface area (Å²) in [5.41, 5.74) is 0.570. The number of halogens is 1. The van der Waals surface area contributed by atoms with E-state index in [0.29, 0.717) is 6.54 Å². The van der Waals surface area contributed by atoms with Crippen LogP contribution in [0.3, 0.4) is 0 Å². The molecule has 0 saturated carbocycles. The fraction of sp³-hybridized carbons (Fsp3) is 0.231. The van der Waals surface area contributed by atoms with Crippen molar-refractivity contribution >= 4 is 11.9 Å². The van der Waals surface area contributed by atoms with Crippen LogP contribution in [0.1, 0.15) is 16.1 Å². The van der Waals surface area contributed by atoms with Crippen molar-refractivity contribution in [2.45, 2.75) is 13.1 Å². The normalized spacial score (nSPS) is 10.4. The summed E-state index contributed by atoms with van der Waals surface area (Å²) >= 11 is 0. The second-order valence-corrected chi connectivity index (χ2v) is 4.48. The van der Waals surface area contributed by atoms with Gasteiger partial charge in [0.1, 0.15) is 12.4 Å². The molecule has 21 heavy (non-hydrogen) atoms. The number of carbonyl (C=O) groups excluding carboxylic acids is 1. The Morgan fingerprint density at radius 3 is 2.57 bits per heavy atom. The predicted octanol–water partition coefficient (Wildman–Crippen LogP) is 0.774. The summed E-state index contributed by atoms with van der Waals surface area (Å²) in [5, 5.41) is 15.7. The van der Waals surface area contributed by atoms with Crippen molar-refractivity contribution in [2.75, 3.05) is 7.05 Å². The van der Waals surface area contributed by atoms with Gasteiger partial charge < -0.3 is 10.0 Å². The average Bonchev–Trinajstić information content (AvgIpc) is 2.90. The van der Waals surface area contributed by atoms with Crippen LogP contribution in [-0.2, 0) is 17.9 Å². The topological polar surface area (TPSA) is 88.3 Å². The molecule has 1 aromatic heterocycles. The van der Waals surface area contributed by atoms with Gasteiger partial charge in [0, 0.05) is 13.6 Å². The van der Waals surface area contributed by atoms with E-state index in [1.165, 1.54) is 23.2 Å². The molecule has 1 aromatic carbocycles. The fourth-order valence-corrected chi connectivity index (χ4v) is 1.68. The van der Waals surface area contributed by atoms with E-state index < -0.39 is 5.97 Å². The number of nitrogens with zero attached hydrogens (tertiary/aromatic N) is 4.